The van der Waals surface area contributed by atoms with Gasteiger partial charge < -0.3 is 19.9 Å². The highest BCUT2D eigenvalue weighted by molar-refractivity contribution is 5.62. The van der Waals surface area contributed by atoms with Gasteiger partial charge in [-0.15, -0.1) is 0 Å². The normalized spacial score (nSPS) is 17.3. The molecule has 34 heavy (non-hydrogen) atoms. The molecule has 0 amide bonds. The Morgan fingerprint density at radius 1 is 1.06 bits per heavy atom. The number of rotatable bonds is 5. The number of nitrogens with one attached hydrogen (secondary N) is 2. The first-order valence-electron chi connectivity index (χ1n) is 12.9. The average molecular weight is 462 g/mol. The van der Waals surface area contributed by atoms with E-state index in [4.69, 9.17) is 4.74 Å². The van der Waals surface area contributed by atoms with E-state index >= 15 is 0 Å². The minimum atomic E-state index is 0.0152. The van der Waals surface area contributed by atoms with Crippen LogP contribution in [0.25, 0.3) is 0 Å². The monoisotopic (exact) mass is 461 g/mol. The molecule has 1 aromatic carbocycles. The molecular weight excluding hydrogens is 422 g/mol. The molecule has 2 aliphatic rings. The van der Waals surface area contributed by atoms with E-state index in [2.05, 4.69) is 59.1 Å². The Kier molecular flexibility index (Phi) is 8.13. The van der Waals surface area contributed by atoms with Crippen molar-refractivity contribution >= 4 is 5.69 Å². The van der Waals surface area contributed by atoms with E-state index in [1.165, 1.54) is 16.8 Å². The van der Waals surface area contributed by atoms with Gasteiger partial charge in [0.1, 0.15) is 0 Å². The Morgan fingerprint density at radius 3 is 2.47 bits per heavy atom. The van der Waals surface area contributed by atoms with E-state index in [1.54, 1.807) is 0 Å². The first kappa shape index (κ1) is 24.6. The molecule has 0 atom stereocenters. The smallest absolute Gasteiger partial charge is 0.251 e. The maximum atomic E-state index is 12.8. The Labute approximate surface area is 204 Å². The summed E-state index contributed by atoms with van der Waals surface area (Å²) in [4.78, 5) is 18.3. The average Bonchev–Trinajstić information content (AvgIpc) is 2.84. The molecule has 0 spiro atoms. The van der Waals surface area contributed by atoms with Crippen LogP contribution < -0.4 is 15.8 Å². The number of ether oxygens (including phenoxy) is 1. The fraction of sp³-hybridized carbons (Fsp3) is 0.552. The van der Waals surface area contributed by atoms with Gasteiger partial charge in [0.2, 0.25) is 0 Å². The minimum Gasteiger partial charge on any atom is -0.381 e. The molecule has 3 heterocycles. The molecule has 0 radical (unpaired) electrons. The van der Waals surface area contributed by atoms with Gasteiger partial charge >= 0.3 is 0 Å². The van der Waals surface area contributed by atoms with E-state index in [-0.39, 0.29) is 5.56 Å². The fourth-order valence-corrected chi connectivity index (χ4v) is 5.38. The lowest BCUT2D eigenvalue weighted by molar-refractivity contribution is 0.0846. The van der Waals surface area contributed by atoms with Crippen LogP contribution in [-0.4, -0.2) is 43.9 Å². The molecule has 0 saturated carbocycles. The van der Waals surface area contributed by atoms with Crippen LogP contribution in [0, 0.1) is 38.5 Å². The predicted octanol–water partition coefficient (Wildman–Crippen LogP) is 4.25. The van der Waals surface area contributed by atoms with Crippen LogP contribution >= 0.6 is 0 Å². The highest BCUT2D eigenvalue weighted by Gasteiger charge is 2.23. The van der Waals surface area contributed by atoms with Gasteiger partial charge in [-0.1, -0.05) is 11.8 Å². The highest BCUT2D eigenvalue weighted by atomic mass is 16.5. The number of hydrogen-bond donors (Lipinski definition) is 2. The SMILES string of the molecule is CCN(c1cc(C#CC2CCNCC2)cc(Cc2c(C)cc(C)[nH]c2=O)c1C)C1CCOCC1. The number of aryl methyl sites for hydroxylation is 2. The Balaban J connectivity index is 1.75. The minimum absolute atomic E-state index is 0.0152. The summed E-state index contributed by atoms with van der Waals surface area (Å²) < 4.78 is 5.64. The van der Waals surface area contributed by atoms with Crippen molar-refractivity contribution in [3.8, 4) is 11.8 Å². The second-order valence-corrected chi connectivity index (χ2v) is 9.82. The van der Waals surface area contributed by atoms with E-state index in [9.17, 15) is 4.79 Å². The number of anilines is 1. The molecule has 5 heteroatoms. The number of nitrogens with zero attached hydrogens (tertiary/aromatic N) is 1. The van der Waals surface area contributed by atoms with E-state index in [0.717, 1.165) is 80.9 Å². The third-order valence-electron chi connectivity index (χ3n) is 7.39. The van der Waals surface area contributed by atoms with Gasteiger partial charge in [0, 0.05) is 60.6 Å². The van der Waals surface area contributed by atoms with Crippen LogP contribution in [0.3, 0.4) is 0 Å². The van der Waals surface area contributed by atoms with Crippen molar-refractivity contribution in [2.45, 2.75) is 65.8 Å². The van der Waals surface area contributed by atoms with Crippen LogP contribution in [0.4, 0.5) is 5.69 Å². The molecule has 0 unspecified atom stereocenters. The molecule has 0 bridgehead atoms. The fourth-order valence-electron chi connectivity index (χ4n) is 5.38. The zero-order valence-corrected chi connectivity index (χ0v) is 21.2. The quantitative estimate of drug-likeness (QED) is 0.654. The number of aromatic amines is 1. The van der Waals surface area contributed by atoms with Crippen LogP contribution in [0.5, 0.6) is 0 Å². The summed E-state index contributed by atoms with van der Waals surface area (Å²) in [6.45, 7) is 13.1. The van der Waals surface area contributed by atoms with E-state index < -0.39 is 0 Å². The van der Waals surface area contributed by atoms with Crippen molar-refractivity contribution < 1.29 is 4.74 Å². The third-order valence-corrected chi connectivity index (χ3v) is 7.39. The summed E-state index contributed by atoms with van der Waals surface area (Å²) in [6, 6.07) is 7.03. The lowest BCUT2D eigenvalue weighted by Crippen LogP contribution is -2.40. The highest BCUT2D eigenvalue weighted by Crippen LogP contribution is 2.31. The lowest BCUT2D eigenvalue weighted by Gasteiger charge is -2.37. The zero-order valence-electron chi connectivity index (χ0n) is 21.2. The molecule has 1 aromatic heterocycles. The van der Waals surface area contributed by atoms with Crippen LogP contribution in [0.2, 0.25) is 0 Å². The summed E-state index contributed by atoms with van der Waals surface area (Å²) in [5.41, 5.74) is 7.56. The summed E-state index contributed by atoms with van der Waals surface area (Å²) in [5, 5.41) is 3.42. The summed E-state index contributed by atoms with van der Waals surface area (Å²) in [6.07, 6.45) is 4.93. The Hall–Kier alpha value is -2.55. The number of benzene rings is 1. The lowest BCUT2D eigenvalue weighted by atomic mass is 9.93. The summed E-state index contributed by atoms with van der Waals surface area (Å²) in [7, 11) is 0. The molecule has 2 aliphatic heterocycles. The molecular formula is C29H39N3O2. The maximum Gasteiger partial charge on any atom is 0.251 e. The largest absolute Gasteiger partial charge is 0.381 e. The predicted molar refractivity (Wildman–Crippen MR) is 140 cm³/mol. The Morgan fingerprint density at radius 2 is 1.79 bits per heavy atom. The zero-order chi connectivity index (χ0) is 24.1. The Bertz CT molecular complexity index is 1110. The molecule has 182 valence electrons. The van der Waals surface area contributed by atoms with Crippen molar-refractivity contribution in [1.29, 1.82) is 0 Å². The summed E-state index contributed by atoms with van der Waals surface area (Å²) >= 11 is 0. The van der Waals surface area contributed by atoms with Crippen molar-refractivity contribution in [2.75, 3.05) is 37.7 Å². The van der Waals surface area contributed by atoms with Gasteiger partial charge in [-0.05, 0) is 101 Å². The van der Waals surface area contributed by atoms with Crippen molar-refractivity contribution in [3.05, 3.63) is 62.1 Å². The third kappa shape index (κ3) is 5.74. The van der Waals surface area contributed by atoms with Crippen LogP contribution in [0.15, 0.2) is 23.0 Å². The number of hydrogen-bond acceptors (Lipinski definition) is 4. The van der Waals surface area contributed by atoms with Crippen LogP contribution in [-0.2, 0) is 11.2 Å². The van der Waals surface area contributed by atoms with Crippen molar-refractivity contribution in [1.82, 2.24) is 10.3 Å². The molecule has 4 rings (SSSR count). The topological polar surface area (TPSA) is 57.4 Å². The number of aromatic nitrogens is 1. The standard InChI is InChI=1S/C29H39N3O2/c1-5-32(26-10-14-34-15-11-26)28-18-24(7-6-23-8-12-30-13-9-23)17-25(22(28)4)19-27-20(2)16-21(3)31-29(27)33/h16-18,23,26,30H,5,8-15,19H2,1-4H3,(H,31,33). The van der Waals surface area contributed by atoms with E-state index in [1.807, 2.05) is 13.8 Å². The molecule has 2 aromatic rings. The molecule has 2 saturated heterocycles. The van der Waals surface area contributed by atoms with Crippen LogP contribution in [0.1, 0.15) is 66.1 Å². The van der Waals surface area contributed by atoms with E-state index in [0.29, 0.717) is 18.4 Å². The first-order chi connectivity index (χ1) is 16.5. The number of pyridine rings is 1. The summed E-state index contributed by atoms with van der Waals surface area (Å²) in [5.74, 6) is 7.51. The second-order valence-electron chi connectivity index (χ2n) is 9.82. The van der Waals surface area contributed by atoms with Gasteiger partial charge in [-0.25, -0.2) is 0 Å². The second kappa shape index (κ2) is 11.3. The van der Waals surface area contributed by atoms with Gasteiger partial charge in [-0.3, -0.25) is 4.79 Å². The van der Waals surface area contributed by atoms with Gasteiger partial charge in [0.25, 0.3) is 5.56 Å². The molecule has 5 nitrogen and oxygen atoms in total. The first-order valence-corrected chi connectivity index (χ1v) is 12.9. The van der Waals surface area contributed by atoms with Gasteiger partial charge in [0.15, 0.2) is 0 Å². The van der Waals surface area contributed by atoms with Crippen molar-refractivity contribution in [3.63, 3.8) is 0 Å². The van der Waals surface area contributed by atoms with Gasteiger partial charge in [0.05, 0.1) is 0 Å². The number of H-pyrrole nitrogens is 1. The molecule has 0 aliphatic carbocycles. The maximum absolute atomic E-state index is 12.8. The molecule has 2 fully saturated rings. The van der Waals surface area contributed by atoms with Crippen molar-refractivity contribution in [2.24, 2.45) is 5.92 Å². The van der Waals surface area contributed by atoms with Gasteiger partial charge in [-0.2, -0.15) is 0 Å². The number of piperidine rings is 1. The molecule has 2 N–H and O–H groups in total.